The van der Waals surface area contributed by atoms with Gasteiger partial charge in [0.15, 0.2) is 0 Å². The Labute approximate surface area is 304 Å². The van der Waals surface area contributed by atoms with E-state index in [-0.39, 0.29) is 122 Å². The minimum atomic E-state index is -0.909. The van der Waals surface area contributed by atoms with Gasteiger partial charge in [-0.1, -0.05) is 136 Å². The van der Waals surface area contributed by atoms with E-state index in [1.54, 1.807) is 0 Å². The number of carbonyl (C=O) groups is 2. The van der Waals surface area contributed by atoms with Crippen LogP contribution in [0.4, 0.5) is 0 Å². The summed E-state index contributed by atoms with van der Waals surface area (Å²) in [5, 5.41) is 20.5. The summed E-state index contributed by atoms with van der Waals surface area (Å²) in [5.74, 6) is -1.22. The summed E-state index contributed by atoms with van der Waals surface area (Å²) in [5.41, 5.74) is 0. The van der Waals surface area contributed by atoms with Gasteiger partial charge in [0.25, 0.3) is 0 Å². The zero-order chi connectivity index (χ0) is 24.3. The van der Waals surface area contributed by atoms with Gasteiger partial charge in [0, 0.05) is 11.9 Å². The van der Waals surface area contributed by atoms with Gasteiger partial charge in [-0.3, -0.25) is 0 Å². The monoisotopic (exact) mass is 578 g/mol. The molecule has 0 aromatic heterocycles. The molecule has 0 spiro atoms. The second-order valence-electron chi connectivity index (χ2n) is 9.40. The molecule has 192 valence electrons. The third kappa shape index (κ3) is 41.5. The van der Waals surface area contributed by atoms with Crippen molar-refractivity contribution >= 4 is 11.9 Å². The van der Waals surface area contributed by atoms with E-state index in [1.165, 1.54) is 103 Å². The number of carboxylic acids is 2. The molecule has 1 unspecified atom stereocenters. The number of carbonyl (C=O) groups excluding carboxylic acids is 2. The van der Waals surface area contributed by atoms with Gasteiger partial charge in [0.1, 0.15) is 0 Å². The summed E-state index contributed by atoms with van der Waals surface area (Å²) in [6.45, 7) is 6.63. The molecular weight excluding hydrogens is 525 g/mol. The molecule has 0 rings (SSSR count). The third-order valence-corrected chi connectivity index (χ3v) is 6.28. The first-order valence-corrected chi connectivity index (χ1v) is 13.9. The molecule has 0 saturated carbocycles. The van der Waals surface area contributed by atoms with E-state index in [9.17, 15) is 19.8 Å². The fraction of sp³-hybridized carbons (Fsp3) is 0.929. The van der Waals surface area contributed by atoms with Crippen molar-refractivity contribution in [2.24, 2.45) is 5.92 Å². The number of rotatable bonds is 23. The van der Waals surface area contributed by atoms with Gasteiger partial charge in [-0.25, -0.2) is 0 Å². The Balaban J connectivity index is -0.000000257. The summed E-state index contributed by atoms with van der Waals surface area (Å²) < 4.78 is 0. The van der Waals surface area contributed by atoms with E-state index in [4.69, 9.17) is 0 Å². The number of hydrogen-bond acceptors (Lipinski definition) is 4. The average molecular weight is 579 g/mol. The van der Waals surface area contributed by atoms with Crippen LogP contribution >= 0.6 is 0 Å². The molecule has 0 aromatic rings. The predicted molar refractivity (Wildman–Crippen MR) is 132 cm³/mol. The first-order valence-electron chi connectivity index (χ1n) is 13.9. The second-order valence-corrected chi connectivity index (χ2v) is 9.40. The maximum Gasteiger partial charge on any atom is 1.00 e. The van der Waals surface area contributed by atoms with Gasteiger partial charge in [-0.2, -0.15) is 0 Å². The normalized spacial score (nSPS) is 10.9. The SMILES string of the molecule is CCCCCCCCCCC(CC)CCC(=O)[O-].CCCCCCCCCCCC(=O)[O-].[K+].[Rb+]. The van der Waals surface area contributed by atoms with Gasteiger partial charge in [-0.15, -0.1) is 0 Å². The largest absolute Gasteiger partial charge is 1.00 e. The minimum absolute atomic E-state index is 0. The van der Waals surface area contributed by atoms with Crippen molar-refractivity contribution in [1.29, 1.82) is 0 Å². The number of carboxylic acid groups (broad SMARTS) is 2. The zero-order valence-corrected chi connectivity index (χ0v) is 31.8. The van der Waals surface area contributed by atoms with Crippen LogP contribution in [-0.2, 0) is 9.59 Å². The Morgan fingerprint density at radius 3 is 1.24 bits per heavy atom. The Bertz CT molecular complexity index is 408. The van der Waals surface area contributed by atoms with Gasteiger partial charge in [0.2, 0.25) is 0 Å². The third-order valence-electron chi connectivity index (χ3n) is 6.28. The number of unbranched alkanes of at least 4 members (excludes halogenated alkanes) is 15. The molecule has 4 nitrogen and oxygen atoms in total. The summed E-state index contributed by atoms with van der Waals surface area (Å²) in [7, 11) is 0. The molecule has 0 saturated heterocycles. The average Bonchev–Trinajstić information content (AvgIpc) is 2.76. The molecule has 0 aliphatic carbocycles. The van der Waals surface area contributed by atoms with E-state index in [0.29, 0.717) is 5.92 Å². The smallest absolute Gasteiger partial charge is 0.550 e. The quantitative estimate of drug-likeness (QED) is 0.132. The van der Waals surface area contributed by atoms with E-state index in [0.717, 1.165) is 25.7 Å². The Morgan fingerprint density at radius 2 is 0.882 bits per heavy atom. The molecular formula is C28H54KO4Rb. The summed E-state index contributed by atoms with van der Waals surface area (Å²) in [4.78, 5) is 20.5. The van der Waals surface area contributed by atoms with Crippen LogP contribution in [0.1, 0.15) is 162 Å². The maximum absolute atomic E-state index is 10.4. The molecule has 0 fully saturated rings. The predicted octanol–water partition coefficient (Wildman–Crippen LogP) is 0.739. The first kappa shape index (κ1) is 43.4. The second kappa shape index (κ2) is 37.5. The summed E-state index contributed by atoms with van der Waals surface area (Å²) >= 11 is 0. The summed E-state index contributed by atoms with van der Waals surface area (Å²) in [6, 6.07) is 0. The molecule has 0 heterocycles. The van der Waals surface area contributed by atoms with Gasteiger partial charge >= 0.3 is 110 Å². The summed E-state index contributed by atoms with van der Waals surface area (Å²) in [6.07, 6.45) is 25.3. The van der Waals surface area contributed by atoms with Crippen molar-refractivity contribution < 1.29 is 129 Å². The molecule has 0 aliphatic heterocycles. The standard InChI is InChI=1S/C16H32O2.C12H24O2.K.Rb/c1-3-5-6-7-8-9-10-11-12-15(4-2)13-14-16(17)18;1-2-3-4-5-6-7-8-9-10-11-12(13)14;;/h15H,3-14H2,1-2H3,(H,17,18);2-11H2,1H3,(H,13,14);;/q;;2*+1/p-2. The molecule has 6 heteroatoms. The van der Waals surface area contributed by atoms with E-state index in [2.05, 4.69) is 20.8 Å². The van der Waals surface area contributed by atoms with Crippen LogP contribution in [0.5, 0.6) is 0 Å². The van der Waals surface area contributed by atoms with Crippen LogP contribution in [0.25, 0.3) is 0 Å². The zero-order valence-electron chi connectivity index (χ0n) is 23.8. The fourth-order valence-corrected chi connectivity index (χ4v) is 4.02. The molecule has 0 aromatic carbocycles. The maximum atomic E-state index is 10.4. The van der Waals surface area contributed by atoms with Crippen molar-refractivity contribution in [3.05, 3.63) is 0 Å². The van der Waals surface area contributed by atoms with Crippen LogP contribution in [0.3, 0.4) is 0 Å². The minimum Gasteiger partial charge on any atom is -0.550 e. The van der Waals surface area contributed by atoms with Gasteiger partial charge in [-0.05, 0) is 31.6 Å². The van der Waals surface area contributed by atoms with Crippen LogP contribution in [-0.4, -0.2) is 11.9 Å². The van der Waals surface area contributed by atoms with Crippen LogP contribution < -0.4 is 120 Å². The van der Waals surface area contributed by atoms with Crippen molar-refractivity contribution in [3.8, 4) is 0 Å². The Morgan fingerprint density at radius 1 is 0.529 bits per heavy atom. The molecule has 0 bridgehead atoms. The Hall–Kier alpha value is 2.38. The Kier molecular flexibility index (Phi) is 47.9. The topological polar surface area (TPSA) is 80.3 Å². The van der Waals surface area contributed by atoms with Crippen molar-refractivity contribution in [2.75, 3.05) is 0 Å². The molecule has 0 radical (unpaired) electrons. The number of aliphatic carboxylic acids is 2. The van der Waals surface area contributed by atoms with Crippen LogP contribution in [0.15, 0.2) is 0 Å². The molecule has 0 amide bonds. The van der Waals surface area contributed by atoms with Crippen molar-refractivity contribution in [1.82, 2.24) is 0 Å². The molecule has 0 N–H and O–H groups in total. The number of hydrogen-bond donors (Lipinski definition) is 0. The first-order chi connectivity index (χ1) is 15.5. The van der Waals surface area contributed by atoms with Crippen molar-refractivity contribution in [3.63, 3.8) is 0 Å². The van der Waals surface area contributed by atoms with Crippen molar-refractivity contribution in [2.45, 2.75) is 162 Å². The van der Waals surface area contributed by atoms with E-state index in [1.807, 2.05) is 0 Å². The van der Waals surface area contributed by atoms with Crippen LogP contribution in [0, 0.1) is 5.92 Å². The fourth-order valence-electron chi connectivity index (χ4n) is 4.02. The van der Waals surface area contributed by atoms with E-state index < -0.39 is 11.9 Å². The van der Waals surface area contributed by atoms with Crippen LogP contribution in [0.2, 0.25) is 0 Å². The van der Waals surface area contributed by atoms with Gasteiger partial charge in [0.05, 0.1) is 0 Å². The molecule has 34 heavy (non-hydrogen) atoms. The van der Waals surface area contributed by atoms with Gasteiger partial charge < -0.3 is 19.8 Å². The molecule has 1 atom stereocenters. The van der Waals surface area contributed by atoms with E-state index >= 15 is 0 Å². The molecule has 0 aliphatic rings.